The Kier molecular flexibility index (Phi) is 5.30. The molecule has 0 aromatic carbocycles. The van der Waals surface area contributed by atoms with Crippen LogP contribution in [-0.4, -0.2) is 72.1 Å². The number of amides is 2. The average molecular weight is 269 g/mol. The molecule has 19 heavy (non-hydrogen) atoms. The van der Waals surface area contributed by atoms with Crippen molar-refractivity contribution in [2.24, 2.45) is 0 Å². The minimum absolute atomic E-state index is 0.0621. The highest BCUT2D eigenvalue weighted by Crippen LogP contribution is 2.12. The van der Waals surface area contributed by atoms with Crippen molar-refractivity contribution in [3.63, 3.8) is 0 Å². The molecule has 1 atom stereocenters. The number of likely N-dealkylation sites (tertiary alicyclic amines) is 1. The van der Waals surface area contributed by atoms with Gasteiger partial charge in [-0.1, -0.05) is 0 Å². The normalized spacial score (nSPS) is 23.9. The molecule has 2 heterocycles. The molecule has 108 valence electrons. The predicted molar refractivity (Wildman–Crippen MR) is 70.5 cm³/mol. The van der Waals surface area contributed by atoms with Crippen molar-refractivity contribution in [2.45, 2.75) is 31.7 Å². The van der Waals surface area contributed by atoms with Crippen molar-refractivity contribution in [3.8, 4) is 0 Å². The second kappa shape index (κ2) is 6.98. The number of imide groups is 1. The molecule has 0 spiro atoms. The lowest BCUT2D eigenvalue weighted by Gasteiger charge is -2.26. The molecule has 0 aromatic rings. The third kappa shape index (κ3) is 3.99. The molecule has 2 rings (SSSR count). The third-order valence-electron chi connectivity index (χ3n) is 3.85. The molecule has 2 saturated heterocycles. The van der Waals surface area contributed by atoms with Crippen LogP contribution < -0.4 is 5.32 Å². The maximum absolute atomic E-state index is 11.5. The maximum atomic E-state index is 11.5. The van der Waals surface area contributed by atoms with Crippen molar-refractivity contribution >= 4 is 11.8 Å². The Bertz CT molecular complexity index is 313. The Hall–Kier alpha value is -0.980. The highest BCUT2D eigenvalue weighted by Gasteiger charge is 2.29. The SMILES string of the molecule is O=C1CCC(=O)N1CCN(CCO)CC1CCCN1. The summed E-state index contributed by atoms with van der Waals surface area (Å²) < 4.78 is 0. The third-order valence-corrected chi connectivity index (χ3v) is 3.85. The molecule has 6 heteroatoms. The first-order valence-corrected chi connectivity index (χ1v) is 7.10. The van der Waals surface area contributed by atoms with Gasteiger partial charge in [0.2, 0.25) is 11.8 Å². The summed E-state index contributed by atoms with van der Waals surface area (Å²) in [6.07, 6.45) is 3.05. The molecule has 2 fully saturated rings. The van der Waals surface area contributed by atoms with E-state index in [-0.39, 0.29) is 18.4 Å². The molecule has 0 aromatic heterocycles. The van der Waals surface area contributed by atoms with Crippen LogP contribution in [0.4, 0.5) is 0 Å². The largest absolute Gasteiger partial charge is 0.395 e. The van der Waals surface area contributed by atoms with Crippen LogP contribution in [0.2, 0.25) is 0 Å². The van der Waals surface area contributed by atoms with Gasteiger partial charge in [-0.25, -0.2) is 0 Å². The van der Waals surface area contributed by atoms with Gasteiger partial charge in [0.25, 0.3) is 0 Å². The molecule has 0 bridgehead atoms. The number of carbonyl (C=O) groups excluding carboxylic acids is 2. The van der Waals surface area contributed by atoms with Crippen LogP contribution in [0.1, 0.15) is 25.7 Å². The highest BCUT2D eigenvalue weighted by molar-refractivity contribution is 6.01. The van der Waals surface area contributed by atoms with E-state index in [1.165, 1.54) is 11.3 Å². The number of hydrogen-bond acceptors (Lipinski definition) is 5. The lowest BCUT2D eigenvalue weighted by molar-refractivity contribution is -0.138. The molecular formula is C13H23N3O3. The summed E-state index contributed by atoms with van der Waals surface area (Å²) in [7, 11) is 0. The van der Waals surface area contributed by atoms with Crippen LogP contribution in [-0.2, 0) is 9.59 Å². The quantitative estimate of drug-likeness (QED) is 0.591. The summed E-state index contributed by atoms with van der Waals surface area (Å²) in [6.45, 7) is 3.72. The Morgan fingerprint density at radius 1 is 1.26 bits per heavy atom. The van der Waals surface area contributed by atoms with Gasteiger partial charge in [-0.05, 0) is 19.4 Å². The fraction of sp³-hybridized carbons (Fsp3) is 0.846. The fourth-order valence-corrected chi connectivity index (χ4v) is 2.77. The summed E-state index contributed by atoms with van der Waals surface area (Å²) in [5.74, 6) is -0.124. The van der Waals surface area contributed by atoms with Crippen LogP contribution >= 0.6 is 0 Å². The zero-order chi connectivity index (χ0) is 13.7. The minimum Gasteiger partial charge on any atom is -0.395 e. The number of nitrogens with one attached hydrogen (secondary N) is 1. The van der Waals surface area contributed by atoms with Crippen LogP contribution in [0.3, 0.4) is 0 Å². The van der Waals surface area contributed by atoms with Gasteiger partial charge < -0.3 is 10.4 Å². The van der Waals surface area contributed by atoms with Crippen LogP contribution in [0.25, 0.3) is 0 Å². The van der Waals surface area contributed by atoms with Crippen LogP contribution in [0.5, 0.6) is 0 Å². The summed E-state index contributed by atoms with van der Waals surface area (Å²) >= 11 is 0. The maximum Gasteiger partial charge on any atom is 0.229 e. The number of nitrogens with zero attached hydrogens (tertiary/aromatic N) is 2. The van der Waals surface area contributed by atoms with Crippen molar-refractivity contribution in [2.75, 3.05) is 39.3 Å². The van der Waals surface area contributed by atoms with Gasteiger partial charge in [-0.15, -0.1) is 0 Å². The topological polar surface area (TPSA) is 72.9 Å². The molecule has 2 amide bonds. The second-order valence-electron chi connectivity index (χ2n) is 5.26. The van der Waals surface area contributed by atoms with Crippen molar-refractivity contribution in [3.05, 3.63) is 0 Å². The highest BCUT2D eigenvalue weighted by atomic mass is 16.3. The zero-order valence-corrected chi connectivity index (χ0v) is 11.3. The standard InChI is InChI=1S/C13H23N3O3/c17-9-8-15(10-11-2-1-5-14-11)6-7-16-12(18)3-4-13(16)19/h11,14,17H,1-10H2. The average Bonchev–Trinajstić information content (AvgIpc) is 2.99. The molecule has 2 aliphatic heterocycles. The number of rotatable bonds is 7. The summed E-state index contributed by atoms with van der Waals surface area (Å²) in [6, 6.07) is 0.469. The Labute approximate surface area is 113 Å². The van der Waals surface area contributed by atoms with Gasteiger partial charge in [0.1, 0.15) is 0 Å². The molecule has 0 saturated carbocycles. The van der Waals surface area contributed by atoms with E-state index < -0.39 is 0 Å². The molecule has 1 unspecified atom stereocenters. The molecule has 6 nitrogen and oxygen atoms in total. The van der Waals surface area contributed by atoms with E-state index in [1.54, 1.807) is 0 Å². The molecule has 2 N–H and O–H groups in total. The first kappa shape index (κ1) is 14.4. The van der Waals surface area contributed by atoms with Gasteiger partial charge >= 0.3 is 0 Å². The number of hydrogen-bond donors (Lipinski definition) is 2. The van der Waals surface area contributed by atoms with E-state index in [1.807, 2.05) is 0 Å². The predicted octanol–water partition coefficient (Wildman–Crippen LogP) is -0.818. The minimum atomic E-state index is -0.0621. The zero-order valence-electron chi connectivity index (χ0n) is 11.3. The van der Waals surface area contributed by atoms with Gasteiger partial charge in [0, 0.05) is 45.1 Å². The molecule has 2 aliphatic rings. The van der Waals surface area contributed by atoms with E-state index in [4.69, 9.17) is 5.11 Å². The first-order chi connectivity index (χ1) is 9.20. The second-order valence-corrected chi connectivity index (χ2v) is 5.26. The Morgan fingerprint density at radius 2 is 2.00 bits per heavy atom. The lowest BCUT2D eigenvalue weighted by Crippen LogP contribution is -2.43. The van der Waals surface area contributed by atoms with Gasteiger partial charge in [0.05, 0.1) is 6.61 Å². The molecule has 0 aliphatic carbocycles. The van der Waals surface area contributed by atoms with Crippen molar-refractivity contribution < 1.29 is 14.7 Å². The van der Waals surface area contributed by atoms with E-state index in [0.717, 1.165) is 19.5 Å². The first-order valence-electron chi connectivity index (χ1n) is 7.10. The van der Waals surface area contributed by atoms with Gasteiger partial charge in [0.15, 0.2) is 0 Å². The smallest absolute Gasteiger partial charge is 0.229 e. The summed E-state index contributed by atoms with van der Waals surface area (Å²) in [5, 5.41) is 12.5. The molecular weight excluding hydrogens is 246 g/mol. The number of aliphatic hydroxyl groups is 1. The van der Waals surface area contributed by atoms with E-state index in [0.29, 0.717) is 38.5 Å². The number of carbonyl (C=O) groups is 2. The summed E-state index contributed by atoms with van der Waals surface area (Å²) in [4.78, 5) is 26.5. The van der Waals surface area contributed by atoms with E-state index in [2.05, 4.69) is 10.2 Å². The van der Waals surface area contributed by atoms with Crippen LogP contribution in [0.15, 0.2) is 0 Å². The Morgan fingerprint density at radius 3 is 2.58 bits per heavy atom. The van der Waals surface area contributed by atoms with Gasteiger partial charge in [-0.2, -0.15) is 0 Å². The van der Waals surface area contributed by atoms with Gasteiger partial charge in [-0.3, -0.25) is 19.4 Å². The Balaban J connectivity index is 1.78. The fourth-order valence-electron chi connectivity index (χ4n) is 2.77. The van der Waals surface area contributed by atoms with E-state index >= 15 is 0 Å². The summed E-state index contributed by atoms with van der Waals surface area (Å²) in [5.41, 5.74) is 0. The van der Waals surface area contributed by atoms with E-state index in [9.17, 15) is 9.59 Å². The number of aliphatic hydroxyl groups excluding tert-OH is 1. The molecule has 0 radical (unpaired) electrons. The van der Waals surface area contributed by atoms with Crippen molar-refractivity contribution in [1.29, 1.82) is 0 Å². The van der Waals surface area contributed by atoms with Crippen molar-refractivity contribution in [1.82, 2.24) is 15.1 Å². The monoisotopic (exact) mass is 269 g/mol. The lowest BCUT2D eigenvalue weighted by atomic mass is 10.2. The van der Waals surface area contributed by atoms with Crippen LogP contribution in [0, 0.1) is 0 Å².